The maximum Gasteiger partial charge on any atom is 0.227 e. The maximum atomic E-state index is 14.2. The molecule has 53 heavy (non-hydrogen) atoms. The summed E-state index contributed by atoms with van der Waals surface area (Å²) in [6.07, 6.45) is 4.74. The first kappa shape index (κ1) is 35.9. The zero-order valence-corrected chi connectivity index (χ0v) is 29.9. The van der Waals surface area contributed by atoms with Crippen molar-refractivity contribution >= 4 is 23.5 Å². The molecule has 2 aromatic carbocycles. The number of hydrogen-bond acceptors (Lipinski definition) is 9. The summed E-state index contributed by atoms with van der Waals surface area (Å²) in [7, 11) is 0. The average molecular weight is 720 g/mol. The molecule has 4 fully saturated rings. The van der Waals surface area contributed by atoms with Gasteiger partial charge in [-0.15, -0.1) is 15.3 Å². The van der Waals surface area contributed by atoms with Crippen LogP contribution in [-0.2, 0) is 22.4 Å². The summed E-state index contributed by atoms with van der Waals surface area (Å²) in [6, 6.07) is 19.8. The van der Waals surface area contributed by atoms with Crippen molar-refractivity contribution in [3.8, 4) is 6.07 Å². The first-order valence-corrected chi connectivity index (χ1v) is 18.4. The number of hydrogen-bond donors (Lipinski definition) is 0. The monoisotopic (exact) mass is 719 g/mol. The number of halogens is 2. The van der Waals surface area contributed by atoms with Crippen molar-refractivity contribution in [2.75, 3.05) is 62.2 Å². The molecule has 13 heteroatoms. The van der Waals surface area contributed by atoms with E-state index in [9.17, 15) is 18.4 Å². The second kappa shape index (κ2) is 16.0. The zero-order valence-electron chi connectivity index (χ0n) is 29.9. The van der Waals surface area contributed by atoms with Gasteiger partial charge in [-0.3, -0.25) is 9.59 Å². The van der Waals surface area contributed by atoms with E-state index < -0.39 is 0 Å². The van der Waals surface area contributed by atoms with Crippen LogP contribution in [0.3, 0.4) is 0 Å². The van der Waals surface area contributed by atoms with E-state index in [1.807, 2.05) is 59.2 Å². The predicted octanol–water partition coefficient (Wildman–Crippen LogP) is 4.95. The minimum atomic E-state index is -0.188. The van der Waals surface area contributed by atoms with Crippen LogP contribution in [0, 0.1) is 29.9 Å². The van der Waals surface area contributed by atoms with Gasteiger partial charge in [0.05, 0.1) is 18.5 Å². The van der Waals surface area contributed by atoms with Crippen LogP contribution in [0.4, 0.5) is 20.4 Å². The van der Waals surface area contributed by atoms with Gasteiger partial charge in [0.25, 0.3) is 0 Å². The molecule has 0 atom stereocenters. The van der Waals surface area contributed by atoms with Gasteiger partial charge < -0.3 is 19.6 Å². The Morgan fingerprint density at radius 2 is 1.09 bits per heavy atom. The molecule has 2 saturated heterocycles. The molecule has 0 radical (unpaired) electrons. The number of anilines is 2. The van der Waals surface area contributed by atoms with Crippen LogP contribution in [0.2, 0.25) is 0 Å². The van der Waals surface area contributed by atoms with Crippen LogP contribution >= 0.6 is 0 Å². The molecule has 2 aliphatic heterocycles. The molecule has 274 valence electrons. The summed E-state index contributed by atoms with van der Waals surface area (Å²) < 4.78 is 28.3. The molecule has 8 rings (SSSR count). The topological polar surface area (TPSA) is 122 Å². The Labute approximate surface area is 308 Å². The largest absolute Gasteiger partial charge is 0.352 e. The van der Waals surface area contributed by atoms with E-state index in [0.717, 1.165) is 72.5 Å². The minimum Gasteiger partial charge on any atom is -0.352 e. The van der Waals surface area contributed by atoms with Crippen LogP contribution in [0.15, 0.2) is 60.7 Å². The highest BCUT2D eigenvalue weighted by atomic mass is 19.1. The van der Waals surface area contributed by atoms with E-state index in [-0.39, 0.29) is 42.0 Å². The number of amides is 2. The number of aryl methyl sites for hydroxylation is 1. The van der Waals surface area contributed by atoms with Gasteiger partial charge in [-0.05, 0) is 103 Å². The van der Waals surface area contributed by atoms with Crippen molar-refractivity contribution < 1.29 is 18.4 Å². The van der Waals surface area contributed by atoms with Gasteiger partial charge in [0.15, 0.2) is 17.3 Å². The van der Waals surface area contributed by atoms with Gasteiger partial charge in [0.1, 0.15) is 17.7 Å². The van der Waals surface area contributed by atoms with Gasteiger partial charge >= 0.3 is 0 Å². The van der Waals surface area contributed by atoms with Gasteiger partial charge in [-0.1, -0.05) is 24.3 Å². The molecule has 2 amide bonds. The molecule has 4 heterocycles. The summed E-state index contributed by atoms with van der Waals surface area (Å²) in [5.74, 6) is 2.02. The van der Waals surface area contributed by atoms with Gasteiger partial charge in [0, 0.05) is 52.4 Å². The highest BCUT2D eigenvalue weighted by molar-refractivity contribution is 5.79. The summed E-state index contributed by atoms with van der Waals surface area (Å²) in [6.45, 7) is 7.16. The Kier molecular flexibility index (Phi) is 10.8. The Balaban J connectivity index is 0.000000164. The average Bonchev–Trinajstić information content (AvgIpc) is 4.12. The molecule has 0 unspecified atom stereocenters. The lowest BCUT2D eigenvalue weighted by atomic mass is 10.0. The highest BCUT2D eigenvalue weighted by Gasteiger charge is 2.29. The lowest BCUT2D eigenvalue weighted by molar-refractivity contribution is -0.131. The Hall–Kier alpha value is -5.51. The molecular formula is C40H43F2N9O2. The number of nitrogens with zero attached hydrogens (tertiary/aromatic N) is 9. The van der Waals surface area contributed by atoms with E-state index in [0.29, 0.717) is 56.9 Å². The molecule has 0 spiro atoms. The number of nitriles is 1. The second-order valence-electron chi connectivity index (χ2n) is 14.3. The Morgan fingerprint density at radius 1 is 0.642 bits per heavy atom. The van der Waals surface area contributed by atoms with Crippen molar-refractivity contribution in [2.45, 2.75) is 57.3 Å². The molecule has 2 saturated carbocycles. The maximum absolute atomic E-state index is 14.2. The number of piperazine rings is 2. The van der Waals surface area contributed by atoms with Crippen LogP contribution in [0.5, 0.6) is 0 Å². The third-order valence-electron chi connectivity index (χ3n) is 10.3. The zero-order chi connectivity index (χ0) is 36.9. The molecule has 11 nitrogen and oxygen atoms in total. The smallest absolute Gasteiger partial charge is 0.227 e. The fourth-order valence-electron chi connectivity index (χ4n) is 6.87. The molecule has 2 aliphatic carbocycles. The van der Waals surface area contributed by atoms with Gasteiger partial charge in [-0.25, -0.2) is 8.78 Å². The van der Waals surface area contributed by atoms with Crippen LogP contribution in [0.25, 0.3) is 0 Å². The molecule has 0 N–H and O–H groups in total. The highest BCUT2D eigenvalue weighted by Crippen LogP contribution is 2.42. The first-order chi connectivity index (χ1) is 25.7. The summed E-state index contributed by atoms with van der Waals surface area (Å²) >= 11 is 0. The summed E-state index contributed by atoms with van der Waals surface area (Å²) in [5, 5.41) is 25.0. The number of benzene rings is 2. The fourth-order valence-corrected chi connectivity index (χ4v) is 6.87. The molecule has 4 aliphatic rings. The molecule has 4 aromatic rings. The SMILES string of the molecule is Cc1ccc(N2CCN(C(=O)Cc3ccc(C4CC4)c(F)c3)CC2)nn1.N#Cc1ccc(N2CCN(C(=O)Cc3ccc(C4CC4)c(F)c3)CC2)nn1. The Bertz CT molecular complexity index is 1960. The van der Waals surface area contributed by atoms with Gasteiger partial charge in [0.2, 0.25) is 11.8 Å². The van der Waals surface area contributed by atoms with Crippen molar-refractivity contribution in [3.05, 3.63) is 106 Å². The molecule has 2 aromatic heterocycles. The quantitative estimate of drug-likeness (QED) is 0.249. The van der Waals surface area contributed by atoms with Crippen molar-refractivity contribution in [1.82, 2.24) is 30.2 Å². The van der Waals surface area contributed by atoms with E-state index in [4.69, 9.17) is 5.26 Å². The lowest BCUT2D eigenvalue weighted by Crippen LogP contribution is -2.49. The standard InChI is InChI=1S/C20H20FN5O.C20H23FN4O/c21-18-11-14(1-5-17(18)15-2-3-15)12-20(27)26-9-7-25(8-10-26)19-6-4-16(13-22)23-24-19;1-14-2-7-19(23-22-14)24-8-10-25(11-9-24)20(26)13-15-3-6-17(16-4-5-16)18(21)12-15/h1,4-6,11,15H,2-3,7-10,12H2;2-3,6-7,12,16H,4-5,8-11,13H2,1H3. The molecule has 0 bridgehead atoms. The predicted molar refractivity (Wildman–Crippen MR) is 195 cm³/mol. The van der Waals surface area contributed by atoms with Gasteiger partial charge in [-0.2, -0.15) is 10.4 Å². The minimum absolute atomic E-state index is 0.0131. The summed E-state index contributed by atoms with van der Waals surface area (Å²) in [4.78, 5) is 33.0. The number of carbonyl (C=O) groups is 2. The third kappa shape index (κ3) is 9.11. The number of rotatable bonds is 8. The van der Waals surface area contributed by atoms with E-state index in [1.54, 1.807) is 17.0 Å². The first-order valence-electron chi connectivity index (χ1n) is 18.4. The van der Waals surface area contributed by atoms with Crippen LogP contribution < -0.4 is 9.80 Å². The van der Waals surface area contributed by atoms with E-state index in [1.165, 1.54) is 12.1 Å². The normalized spacial score (nSPS) is 17.2. The Morgan fingerprint density at radius 3 is 1.45 bits per heavy atom. The number of carbonyl (C=O) groups excluding carboxylic acids is 2. The summed E-state index contributed by atoms with van der Waals surface area (Å²) in [5.41, 5.74) is 4.23. The van der Waals surface area contributed by atoms with Crippen molar-refractivity contribution in [3.63, 3.8) is 0 Å². The second-order valence-corrected chi connectivity index (χ2v) is 14.3. The van der Waals surface area contributed by atoms with E-state index >= 15 is 0 Å². The third-order valence-corrected chi connectivity index (χ3v) is 10.3. The van der Waals surface area contributed by atoms with Crippen LogP contribution in [0.1, 0.15) is 71.2 Å². The van der Waals surface area contributed by atoms with Crippen molar-refractivity contribution in [1.29, 1.82) is 5.26 Å². The molecular weight excluding hydrogens is 676 g/mol. The van der Waals surface area contributed by atoms with Crippen LogP contribution in [-0.4, -0.2) is 94.4 Å². The number of aromatic nitrogens is 4. The fraction of sp³-hybridized carbons (Fsp3) is 0.425. The lowest BCUT2D eigenvalue weighted by Gasteiger charge is -2.35. The van der Waals surface area contributed by atoms with Crippen molar-refractivity contribution in [2.24, 2.45) is 0 Å². The van der Waals surface area contributed by atoms with E-state index in [2.05, 4.69) is 25.3 Å².